The smallest absolute Gasteiger partial charge is 0.315 e. The summed E-state index contributed by atoms with van der Waals surface area (Å²) in [6.45, 7) is 5.46. The highest BCUT2D eigenvalue weighted by molar-refractivity contribution is 5.74. The number of pyridine rings is 1. The molecule has 1 aliphatic heterocycles. The first-order valence-electron chi connectivity index (χ1n) is 8.55. The Hall–Kier alpha value is -2.44. The Bertz CT molecular complexity index is 694. The zero-order valence-electron chi connectivity index (χ0n) is 14.2. The summed E-state index contributed by atoms with van der Waals surface area (Å²) in [5.41, 5.74) is 2.11. The van der Waals surface area contributed by atoms with Gasteiger partial charge in [-0.2, -0.15) is 5.10 Å². The van der Waals surface area contributed by atoms with Gasteiger partial charge in [-0.05, 0) is 37.8 Å². The molecular formula is C17H24N6O. The Kier molecular flexibility index (Phi) is 5.08. The van der Waals surface area contributed by atoms with Crippen LogP contribution in [0.25, 0.3) is 0 Å². The summed E-state index contributed by atoms with van der Waals surface area (Å²) in [6, 6.07) is 3.80. The van der Waals surface area contributed by atoms with Crippen molar-refractivity contribution >= 4 is 6.03 Å². The minimum atomic E-state index is -0.158. The summed E-state index contributed by atoms with van der Waals surface area (Å²) in [7, 11) is 0. The second kappa shape index (κ2) is 7.42. The average Bonchev–Trinajstić information content (AvgIpc) is 3.01. The number of aryl methyl sites for hydroxylation is 3. The van der Waals surface area contributed by atoms with Gasteiger partial charge in [-0.1, -0.05) is 13.0 Å². The van der Waals surface area contributed by atoms with Crippen molar-refractivity contribution in [3.8, 4) is 0 Å². The van der Waals surface area contributed by atoms with Crippen LogP contribution in [0.5, 0.6) is 0 Å². The number of hydrogen-bond donors (Lipinski definition) is 2. The summed E-state index contributed by atoms with van der Waals surface area (Å²) >= 11 is 0. The Morgan fingerprint density at radius 1 is 1.42 bits per heavy atom. The van der Waals surface area contributed by atoms with Crippen LogP contribution in [0.2, 0.25) is 0 Å². The van der Waals surface area contributed by atoms with Crippen LogP contribution in [0.4, 0.5) is 4.79 Å². The van der Waals surface area contributed by atoms with Crippen LogP contribution in [0.3, 0.4) is 0 Å². The van der Waals surface area contributed by atoms with Crippen LogP contribution in [0, 0.1) is 6.92 Å². The van der Waals surface area contributed by atoms with Crippen molar-refractivity contribution in [1.29, 1.82) is 0 Å². The molecule has 2 aromatic rings. The Morgan fingerprint density at radius 2 is 2.29 bits per heavy atom. The lowest BCUT2D eigenvalue weighted by atomic mass is 10.1. The molecule has 7 heteroatoms. The van der Waals surface area contributed by atoms with Gasteiger partial charge >= 0.3 is 6.03 Å². The minimum absolute atomic E-state index is 0.0624. The third-order valence-electron chi connectivity index (χ3n) is 4.21. The van der Waals surface area contributed by atoms with E-state index in [-0.39, 0.29) is 12.1 Å². The molecule has 2 N–H and O–H groups in total. The van der Waals surface area contributed by atoms with Gasteiger partial charge in [-0.3, -0.25) is 4.98 Å². The fourth-order valence-electron chi connectivity index (χ4n) is 2.86. The van der Waals surface area contributed by atoms with E-state index in [4.69, 9.17) is 0 Å². The molecule has 0 fully saturated rings. The maximum Gasteiger partial charge on any atom is 0.315 e. The van der Waals surface area contributed by atoms with Crippen molar-refractivity contribution in [2.45, 2.75) is 52.1 Å². The SMILES string of the molecule is CCc1nc2n(n1)CCC[C@H]2NC(=O)NCCc1ccc(C)nc1. The lowest BCUT2D eigenvalue weighted by molar-refractivity contribution is 0.233. The number of hydrogen-bond acceptors (Lipinski definition) is 4. The molecule has 1 atom stereocenters. The van der Waals surface area contributed by atoms with Gasteiger partial charge in [0.1, 0.15) is 5.82 Å². The van der Waals surface area contributed by atoms with E-state index in [0.29, 0.717) is 6.54 Å². The number of carbonyl (C=O) groups is 1. The predicted molar refractivity (Wildman–Crippen MR) is 90.6 cm³/mol. The molecule has 0 saturated carbocycles. The van der Waals surface area contributed by atoms with Gasteiger partial charge in [-0.25, -0.2) is 14.5 Å². The molecule has 0 aliphatic carbocycles. The molecule has 7 nitrogen and oxygen atoms in total. The first-order valence-corrected chi connectivity index (χ1v) is 8.55. The zero-order valence-corrected chi connectivity index (χ0v) is 14.2. The third kappa shape index (κ3) is 3.90. The molecule has 2 amide bonds. The fraction of sp³-hybridized carbons (Fsp3) is 0.529. The highest BCUT2D eigenvalue weighted by Gasteiger charge is 2.25. The van der Waals surface area contributed by atoms with Gasteiger partial charge in [0, 0.05) is 31.4 Å². The topological polar surface area (TPSA) is 84.7 Å². The molecule has 0 unspecified atom stereocenters. The largest absolute Gasteiger partial charge is 0.338 e. The van der Waals surface area contributed by atoms with Crippen LogP contribution in [0.1, 0.15) is 48.7 Å². The molecule has 0 radical (unpaired) electrons. The molecule has 0 saturated heterocycles. The quantitative estimate of drug-likeness (QED) is 0.878. The van der Waals surface area contributed by atoms with Crippen LogP contribution < -0.4 is 10.6 Å². The van der Waals surface area contributed by atoms with E-state index in [2.05, 4.69) is 25.7 Å². The number of nitrogens with zero attached hydrogens (tertiary/aromatic N) is 4. The minimum Gasteiger partial charge on any atom is -0.338 e. The number of amides is 2. The van der Waals surface area contributed by atoms with E-state index in [1.54, 1.807) is 0 Å². The first-order chi connectivity index (χ1) is 11.7. The molecule has 128 valence electrons. The molecular weight excluding hydrogens is 304 g/mol. The molecule has 0 spiro atoms. The predicted octanol–water partition coefficient (Wildman–Crippen LogP) is 1.92. The molecule has 1 aliphatic rings. The molecule has 3 heterocycles. The molecule has 3 rings (SSSR count). The standard InChI is InChI=1S/C17H24N6O/c1-3-15-21-16-14(5-4-10-23(16)22-15)20-17(24)18-9-8-13-7-6-12(2)19-11-13/h6-7,11,14H,3-5,8-10H2,1-2H3,(H2,18,20,24)/t14-/m1/s1. The number of fused-ring (bicyclic) bond motifs is 1. The van der Waals surface area contributed by atoms with E-state index in [9.17, 15) is 4.79 Å². The maximum atomic E-state index is 12.1. The number of aromatic nitrogens is 4. The van der Waals surface area contributed by atoms with Crippen LogP contribution in [0.15, 0.2) is 18.3 Å². The summed E-state index contributed by atoms with van der Waals surface area (Å²) in [5, 5.41) is 10.4. The van der Waals surface area contributed by atoms with Crippen molar-refractivity contribution in [2.24, 2.45) is 0 Å². The van der Waals surface area contributed by atoms with Crippen molar-refractivity contribution in [3.05, 3.63) is 41.2 Å². The molecule has 0 bridgehead atoms. The molecule has 0 aromatic carbocycles. The van der Waals surface area contributed by atoms with Gasteiger partial charge in [0.05, 0.1) is 6.04 Å². The Labute approximate surface area is 141 Å². The first kappa shape index (κ1) is 16.4. The highest BCUT2D eigenvalue weighted by atomic mass is 16.2. The zero-order chi connectivity index (χ0) is 16.9. The Morgan fingerprint density at radius 3 is 3.04 bits per heavy atom. The van der Waals surface area contributed by atoms with Crippen LogP contribution >= 0.6 is 0 Å². The molecule has 2 aromatic heterocycles. The number of carbonyl (C=O) groups excluding carboxylic acids is 1. The van der Waals surface area contributed by atoms with Gasteiger partial charge in [0.15, 0.2) is 5.82 Å². The van der Waals surface area contributed by atoms with Gasteiger partial charge in [0.2, 0.25) is 0 Å². The number of urea groups is 1. The number of rotatable bonds is 5. The highest BCUT2D eigenvalue weighted by Crippen LogP contribution is 2.22. The van der Waals surface area contributed by atoms with Crippen molar-refractivity contribution < 1.29 is 4.79 Å². The maximum absolute atomic E-state index is 12.1. The second-order valence-electron chi connectivity index (χ2n) is 6.12. The van der Waals surface area contributed by atoms with Crippen molar-refractivity contribution in [2.75, 3.05) is 6.54 Å². The van der Waals surface area contributed by atoms with Gasteiger partial charge in [0.25, 0.3) is 0 Å². The summed E-state index contributed by atoms with van der Waals surface area (Å²) in [6.07, 6.45) is 5.33. The average molecular weight is 328 g/mol. The fourth-order valence-corrected chi connectivity index (χ4v) is 2.86. The van der Waals surface area contributed by atoms with E-state index in [0.717, 1.165) is 55.1 Å². The van der Waals surface area contributed by atoms with Crippen LogP contribution in [-0.2, 0) is 19.4 Å². The summed E-state index contributed by atoms with van der Waals surface area (Å²) < 4.78 is 1.92. The Balaban J connectivity index is 1.50. The summed E-state index contributed by atoms with van der Waals surface area (Å²) in [5.74, 6) is 1.71. The van der Waals surface area contributed by atoms with Crippen molar-refractivity contribution in [3.63, 3.8) is 0 Å². The molecule has 24 heavy (non-hydrogen) atoms. The number of nitrogens with one attached hydrogen (secondary N) is 2. The summed E-state index contributed by atoms with van der Waals surface area (Å²) in [4.78, 5) is 20.9. The van der Waals surface area contributed by atoms with E-state index >= 15 is 0 Å². The van der Waals surface area contributed by atoms with E-state index in [1.807, 2.05) is 36.9 Å². The lowest BCUT2D eigenvalue weighted by Gasteiger charge is -2.23. The van der Waals surface area contributed by atoms with Gasteiger partial charge < -0.3 is 10.6 Å². The monoisotopic (exact) mass is 328 g/mol. The second-order valence-corrected chi connectivity index (χ2v) is 6.12. The van der Waals surface area contributed by atoms with Gasteiger partial charge in [-0.15, -0.1) is 0 Å². The lowest BCUT2D eigenvalue weighted by Crippen LogP contribution is -2.40. The van der Waals surface area contributed by atoms with Crippen molar-refractivity contribution in [1.82, 2.24) is 30.4 Å². The third-order valence-corrected chi connectivity index (χ3v) is 4.21. The van der Waals surface area contributed by atoms with E-state index in [1.165, 1.54) is 0 Å². The normalized spacial score (nSPS) is 16.5. The van der Waals surface area contributed by atoms with E-state index < -0.39 is 0 Å². The van der Waals surface area contributed by atoms with Crippen LogP contribution in [-0.4, -0.2) is 32.3 Å².